The number of allylic oxidation sites excluding steroid dienone is 3. The second kappa shape index (κ2) is 85.4. The first-order chi connectivity index (χ1) is 35.2. The average Bonchev–Trinajstić information content (AvgIpc) is 3.22. The summed E-state index contributed by atoms with van der Waals surface area (Å²) in [5.41, 5.74) is 0.500. The maximum Gasteiger partial charge on any atom is 0.0233 e. The van der Waals surface area contributed by atoms with Crippen molar-refractivity contribution in [3.8, 4) is 0 Å². The number of rotatable bonds is 15. The molecule has 0 N–H and O–H groups in total. The fourth-order valence-electron chi connectivity index (χ4n) is 3.32. The molecule has 0 saturated heterocycles. The summed E-state index contributed by atoms with van der Waals surface area (Å²) in [7, 11) is 0. The molecular weight excluding hydrogens is 877 g/mol. The fraction of sp³-hybridized carbons (Fsp3) is 0.945. The van der Waals surface area contributed by atoms with Crippen LogP contribution in [0.5, 0.6) is 0 Å². The highest BCUT2D eigenvalue weighted by atomic mass is 14.2. The summed E-state index contributed by atoms with van der Waals surface area (Å²) in [6.07, 6.45) is 19.7. The smallest absolute Gasteiger partial charge is 0.0233 e. The highest BCUT2D eigenvalue weighted by molar-refractivity contribution is 4.79. The van der Waals surface area contributed by atoms with Gasteiger partial charge in [-0.15, -0.1) is 6.58 Å². The maximum absolute atomic E-state index is 6.80. The van der Waals surface area contributed by atoms with Crippen LogP contribution in [0.4, 0.5) is 0 Å². The predicted octanol–water partition coefficient (Wildman–Crippen LogP) is 28.9. The molecule has 0 aliphatic carbocycles. The summed E-state index contributed by atoms with van der Waals surface area (Å²) in [4.78, 5) is 0. The van der Waals surface area contributed by atoms with Gasteiger partial charge in [0.1, 0.15) is 0 Å². The van der Waals surface area contributed by atoms with E-state index in [1.165, 1.54) is 57.8 Å². The highest BCUT2D eigenvalue weighted by Crippen LogP contribution is 2.23. The fourth-order valence-corrected chi connectivity index (χ4v) is 3.32. The molecule has 0 amide bonds. The summed E-state index contributed by atoms with van der Waals surface area (Å²) < 4.78 is 40.5. The van der Waals surface area contributed by atoms with Gasteiger partial charge in [0, 0.05) is 8.22 Å². The first-order valence-electron chi connectivity index (χ1n) is 34.5. The summed E-state index contributed by atoms with van der Waals surface area (Å²) in [5.74, 6) is 11.1. The van der Waals surface area contributed by atoms with Crippen molar-refractivity contribution in [3.05, 3.63) is 24.8 Å². The molecule has 0 rings (SSSR count). The van der Waals surface area contributed by atoms with Crippen LogP contribution in [0.1, 0.15) is 370 Å². The topological polar surface area (TPSA) is 0 Å². The molecule has 0 spiro atoms. The molecule has 0 nitrogen and oxygen atoms in total. The summed E-state index contributed by atoms with van der Waals surface area (Å²) in [6, 6.07) is 0. The van der Waals surface area contributed by atoms with Gasteiger partial charge in [-0.1, -0.05) is 360 Å². The molecule has 0 aromatic carbocycles. The Morgan fingerprint density at radius 3 is 0.767 bits per heavy atom. The molecule has 0 aliphatic rings. The van der Waals surface area contributed by atoms with Crippen LogP contribution < -0.4 is 0 Å². The third-order valence-electron chi connectivity index (χ3n) is 10.2. The van der Waals surface area contributed by atoms with Crippen LogP contribution in [0.3, 0.4) is 0 Å². The zero-order valence-corrected chi connectivity index (χ0v) is 60.4. The van der Waals surface area contributed by atoms with Crippen LogP contribution in [0.15, 0.2) is 24.8 Å². The van der Waals surface area contributed by atoms with Gasteiger partial charge in [0.05, 0.1) is 0 Å². The molecular formula is C73H168. The minimum absolute atomic E-state index is 0.201. The van der Waals surface area contributed by atoms with E-state index in [2.05, 4.69) is 261 Å². The molecule has 0 heterocycles. The third kappa shape index (κ3) is 259. The van der Waals surface area contributed by atoms with Crippen LogP contribution in [-0.2, 0) is 0 Å². The van der Waals surface area contributed by atoms with Crippen LogP contribution in [-0.4, -0.2) is 0 Å². The molecule has 0 aromatic rings. The van der Waals surface area contributed by atoms with Gasteiger partial charge < -0.3 is 0 Å². The van der Waals surface area contributed by atoms with Crippen molar-refractivity contribution in [1.82, 2.24) is 0 Å². The molecule has 0 bridgehead atoms. The van der Waals surface area contributed by atoms with E-state index < -0.39 is 13.7 Å². The van der Waals surface area contributed by atoms with E-state index in [-0.39, 0.29) is 11.8 Å². The summed E-state index contributed by atoms with van der Waals surface area (Å²) in [5, 5.41) is 0. The Morgan fingerprint density at radius 1 is 0.438 bits per heavy atom. The molecule has 73 heavy (non-hydrogen) atoms. The predicted molar refractivity (Wildman–Crippen MR) is 363 cm³/mol. The molecule has 0 aromatic heterocycles. The second-order valence-corrected chi connectivity index (χ2v) is 27.1. The van der Waals surface area contributed by atoms with Gasteiger partial charge in [-0.3, -0.25) is 0 Å². The van der Waals surface area contributed by atoms with Gasteiger partial charge in [0.2, 0.25) is 0 Å². The Morgan fingerprint density at radius 2 is 0.753 bits per heavy atom. The molecule has 1 atom stereocenters. The average molecular weight is 1050 g/mol. The minimum Gasteiger partial charge on any atom is -0.103 e. The lowest BCUT2D eigenvalue weighted by Crippen LogP contribution is -2.12. The van der Waals surface area contributed by atoms with E-state index >= 15 is 0 Å². The summed E-state index contributed by atoms with van der Waals surface area (Å²) >= 11 is 0. The summed E-state index contributed by atoms with van der Waals surface area (Å²) in [6.45, 7) is 87.3. The minimum atomic E-state index is -1.75. The molecule has 0 aliphatic heterocycles. The Bertz CT molecular complexity index is 978. The van der Waals surface area contributed by atoms with Gasteiger partial charge in [-0.2, -0.15) is 0 Å². The van der Waals surface area contributed by atoms with E-state index in [1.54, 1.807) is 13.8 Å². The molecule has 0 saturated carbocycles. The third-order valence-corrected chi connectivity index (χ3v) is 10.2. The Hall–Kier alpha value is -0.520. The zero-order chi connectivity index (χ0) is 67.1. The Kier molecular flexibility index (Phi) is 101. The largest absolute Gasteiger partial charge is 0.103 e. The molecule has 1 unspecified atom stereocenters. The van der Waals surface area contributed by atoms with Crippen molar-refractivity contribution in [2.75, 3.05) is 0 Å². The second-order valence-electron chi connectivity index (χ2n) is 27.1. The van der Waals surface area contributed by atoms with Gasteiger partial charge >= 0.3 is 0 Å². The van der Waals surface area contributed by atoms with Gasteiger partial charge in [-0.05, 0) is 114 Å². The van der Waals surface area contributed by atoms with Crippen molar-refractivity contribution in [3.63, 3.8) is 0 Å². The van der Waals surface area contributed by atoms with Crippen LogP contribution in [0.2, 0.25) is 0 Å². The Labute approximate surface area is 486 Å². The van der Waals surface area contributed by atoms with Crippen molar-refractivity contribution >= 4 is 0 Å². The number of hydrogen-bond acceptors (Lipinski definition) is 0. The van der Waals surface area contributed by atoms with E-state index in [4.69, 9.17) is 8.22 Å². The Balaban J connectivity index is -0.0000000546. The SMILES string of the molecule is C/C=C/C(C)C.C=CCC(C)C.CC(C)C.CC(C)C(C)(C)C.CC(C)C(C)C.CC(C)CC(C)C.CCC.CCC(C)C.CCC(C)C(C)C.CCCC(C)C.CCCCC(C)C.[2H]C([2H])([2H])C(C)C.[2H]C([2H])([2H])CC(C)C. The monoisotopic (exact) mass is 1050 g/mol. The van der Waals surface area contributed by atoms with Crippen molar-refractivity contribution in [1.29, 1.82) is 0 Å². The zero-order valence-electron chi connectivity index (χ0n) is 66.4. The highest BCUT2D eigenvalue weighted by Gasteiger charge is 2.13. The van der Waals surface area contributed by atoms with Gasteiger partial charge in [-0.25, -0.2) is 0 Å². The lowest BCUT2D eigenvalue weighted by Gasteiger charge is -2.22. The lowest BCUT2D eigenvalue weighted by molar-refractivity contribution is 0.283. The number of unbranched alkanes of at least 4 members (excludes halogenated alkanes) is 1. The number of hydrogen-bond donors (Lipinski definition) is 0. The molecule has 0 heteroatoms. The first-order valence-corrected chi connectivity index (χ1v) is 31.5. The van der Waals surface area contributed by atoms with Gasteiger partial charge in [0.15, 0.2) is 0 Å². The maximum atomic E-state index is 6.80. The van der Waals surface area contributed by atoms with Crippen LogP contribution in [0, 0.1) is 94.2 Å². The van der Waals surface area contributed by atoms with E-state index in [0.29, 0.717) is 11.8 Å². The van der Waals surface area contributed by atoms with E-state index in [9.17, 15) is 0 Å². The van der Waals surface area contributed by atoms with Crippen molar-refractivity contribution < 1.29 is 8.22 Å². The van der Waals surface area contributed by atoms with Crippen molar-refractivity contribution in [2.45, 2.75) is 361 Å². The molecule has 0 radical (unpaired) electrons. The normalized spacial score (nSPS) is 12.2. The van der Waals surface area contributed by atoms with Gasteiger partial charge in [0.25, 0.3) is 0 Å². The first kappa shape index (κ1) is 86.4. The van der Waals surface area contributed by atoms with Crippen molar-refractivity contribution in [2.24, 2.45) is 94.2 Å². The van der Waals surface area contributed by atoms with Crippen LogP contribution >= 0.6 is 0 Å². The molecule has 0 fully saturated rings. The quantitative estimate of drug-likeness (QED) is 0.143. The standard InChI is InChI=1S/4C7H16.2C6H14.2C6H12.2C5H12.2C4H10.C3H8/c1-6(2)7(3,4)5;1-6(2)5-7(3)4;1-5-7(4)6(2)3;1-4-5-6-7(2)3;1-5(2)6(3)4;3*1-4-5-6(2)3;2*1-4-5(2)3;2*1-4(2)3;1-3-2/h6H,1-5H3;2*6-7H,5H2,1-4H3;7H,4-6H2,1-3H3;5-6H,1-4H3;6H,4-5H2,1-3H3;4-6H,1-3H3;4,6H,1,5H2,2-3H3;2*5H,4H2,1-3H3;2*4H,1-3H3;3H2,1-2H3/b;;;;;;5-4+;;;;;;/i;;;;;;;;1D3;;1D3;;. The van der Waals surface area contributed by atoms with E-state index in [0.717, 1.165) is 83.4 Å². The van der Waals surface area contributed by atoms with E-state index in [1.807, 2.05) is 26.8 Å². The lowest BCUT2D eigenvalue weighted by atomic mass is 9.84. The molecule has 460 valence electrons. The van der Waals surface area contributed by atoms with Crippen LogP contribution in [0.25, 0.3) is 0 Å².